The van der Waals surface area contributed by atoms with E-state index in [1.165, 1.54) is 11.8 Å². The molecule has 0 aliphatic heterocycles. The van der Waals surface area contributed by atoms with Crippen molar-refractivity contribution in [3.63, 3.8) is 0 Å². The topological polar surface area (TPSA) is 78.7 Å². The SMILES string of the molecule is Cc1nc(C)c(C#N)c(SCC(=O)Nc2ccc(Br)cc2C)n1. The van der Waals surface area contributed by atoms with Crippen molar-refractivity contribution < 1.29 is 4.79 Å². The monoisotopic (exact) mass is 390 g/mol. The summed E-state index contributed by atoms with van der Waals surface area (Å²) in [5.74, 6) is 0.631. The highest BCUT2D eigenvalue weighted by atomic mass is 79.9. The normalized spacial score (nSPS) is 10.2. The average Bonchev–Trinajstić information content (AvgIpc) is 2.47. The third-order valence-electron chi connectivity index (χ3n) is 3.08. The van der Waals surface area contributed by atoms with Gasteiger partial charge in [-0.05, 0) is 44.5 Å². The lowest BCUT2D eigenvalue weighted by molar-refractivity contribution is -0.113. The van der Waals surface area contributed by atoms with Crippen LogP contribution in [-0.2, 0) is 4.79 Å². The predicted molar refractivity (Wildman–Crippen MR) is 94.5 cm³/mol. The molecule has 1 aromatic carbocycles. The highest BCUT2D eigenvalue weighted by Gasteiger charge is 2.13. The summed E-state index contributed by atoms with van der Waals surface area (Å²) in [5.41, 5.74) is 2.80. The van der Waals surface area contributed by atoms with Crippen molar-refractivity contribution in [3.8, 4) is 6.07 Å². The Hall–Kier alpha value is -1.91. The molecule has 0 aliphatic carbocycles. The third kappa shape index (κ3) is 4.53. The number of amides is 1. The molecule has 1 N–H and O–H groups in total. The highest BCUT2D eigenvalue weighted by Crippen LogP contribution is 2.23. The molecular weight excluding hydrogens is 376 g/mol. The van der Waals surface area contributed by atoms with Gasteiger partial charge in [-0.25, -0.2) is 9.97 Å². The average molecular weight is 391 g/mol. The lowest BCUT2D eigenvalue weighted by Gasteiger charge is -2.09. The van der Waals surface area contributed by atoms with Gasteiger partial charge in [0.25, 0.3) is 0 Å². The van der Waals surface area contributed by atoms with Gasteiger partial charge >= 0.3 is 0 Å². The Bertz CT molecular complexity index is 801. The number of benzene rings is 1. The second kappa shape index (κ2) is 7.57. The Labute approximate surface area is 147 Å². The molecule has 0 spiro atoms. The van der Waals surface area contributed by atoms with Gasteiger partial charge in [0, 0.05) is 10.2 Å². The summed E-state index contributed by atoms with van der Waals surface area (Å²) in [6.07, 6.45) is 0. The summed E-state index contributed by atoms with van der Waals surface area (Å²) in [7, 11) is 0. The van der Waals surface area contributed by atoms with Crippen LogP contribution in [0.15, 0.2) is 27.7 Å². The Balaban J connectivity index is 2.07. The van der Waals surface area contributed by atoms with E-state index in [2.05, 4.69) is 37.3 Å². The highest BCUT2D eigenvalue weighted by molar-refractivity contribution is 9.10. The van der Waals surface area contributed by atoms with E-state index in [-0.39, 0.29) is 11.7 Å². The number of hydrogen-bond acceptors (Lipinski definition) is 5. The number of carbonyl (C=O) groups excluding carboxylic acids is 1. The number of rotatable bonds is 4. The Morgan fingerprint density at radius 3 is 2.74 bits per heavy atom. The van der Waals surface area contributed by atoms with Crippen LogP contribution in [0.1, 0.15) is 22.6 Å². The van der Waals surface area contributed by atoms with Crippen LogP contribution in [-0.4, -0.2) is 21.6 Å². The first-order valence-electron chi connectivity index (χ1n) is 6.85. The number of nitriles is 1. The molecule has 1 aromatic heterocycles. The summed E-state index contributed by atoms with van der Waals surface area (Å²) in [4.78, 5) is 20.5. The van der Waals surface area contributed by atoms with Crippen molar-refractivity contribution in [2.75, 3.05) is 11.1 Å². The lowest BCUT2D eigenvalue weighted by atomic mass is 10.2. The van der Waals surface area contributed by atoms with Gasteiger partial charge in [-0.1, -0.05) is 27.7 Å². The Morgan fingerprint density at radius 1 is 1.35 bits per heavy atom. The minimum atomic E-state index is -0.141. The Morgan fingerprint density at radius 2 is 2.09 bits per heavy atom. The number of hydrogen-bond donors (Lipinski definition) is 1. The van der Waals surface area contributed by atoms with Crippen LogP contribution in [0.4, 0.5) is 5.69 Å². The molecule has 0 aliphatic rings. The molecule has 118 valence electrons. The van der Waals surface area contributed by atoms with E-state index in [0.29, 0.717) is 22.1 Å². The molecule has 0 atom stereocenters. The zero-order valence-electron chi connectivity index (χ0n) is 13.0. The summed E-state index contributed by atoms with van der Waals surface area (Å²) >= 11 is 4.63. The van der Waals surface area contributed by atoms with Crippen LogP contribution in [0.3, 0.4) is 0 Å². The minimum absolute atomic E-state index is 0.141. The van der Waals surface area contributed by atoms with Crippen LogP contribution < -0.4 is 5.32 Å². The maximum absolute atomic E-state index is 12.1. The van der Waals surface area contributed by atoms with Gasteiger partial charge in [-0.15, -0.1) is 0 Å². The van der Waals surface area contributed by atoms with Gasteiger partial charge < -0.3 is 5.32 Å². The van der Waals surface area contributed by atoms with E-state index < -0.39 is 0 Å². The van der Waals surface area contributed by atoms with Crippen molar-refractivity contribution in [3.05, 3.63) is 45.3 Å². The zero-order chi connectivity index (χ0) is 17.0. The summed E-state index contributed by atoms with van der Waals surface area (Å²) < 4.78 is 0.966. The molecule has 0 unspecified atom stereocenters. The van der Waals surface area contributed by atoms with E-state index in [1.807, 2.05) is 25.1 Å². The number of carbonyl (C=O) groups is 1. The van der Waals surface area contributed by atoms with E-state index in [0.717, 1.165) is 15.7 Å². The second-order valence-corrected chi connectivity index (χ2v) is 6.82. The molecule has 1 amide bonds. The fourth-order valence-electron chi connectivity index (χ4n) is 2.00. The summed E-state index contributed by atoms with van der Waals surface area (Å²) in [6.45, 7) is 5.46. The van der Waals surface area contributed by atoms with Crippen LogP contribution in [0.25, 0.3) is 0 Å². The Kier molecular flexibility index (Phi) is 5.74. The quantitative estimate of drug-likeness (QED) is 0.634. The predicted octanol–water partition coefficient (Wildman–Crippen LogP) is 3.77. The number of aryl methyl sites for hydroxylation is 3. The van der Waals surface area contributed by atoms with E-state index in [1.54, 1.807) is 13.8 Å². The van der Waals surface area contributed by atoms with Crippen molar-refractivity contribution in [1.82, 2.24) is 9.97 Å². The van der Waals surface area contributed by atoms with Gasteiger partial charge in [0.05, 0.1) is 11.4 Å². The first-order valence-corrected chi connectivity index (χ1v) is 8.62. The standard InChI is InChI=1S/C16H15BrN4OS/c1-9-6-12(17)4-5-14(9)21-15(22)8-23-16-13(7-18)10(2)19-11(3)20-16/h4-6H,8H2,1-3H3,(H,21,22). The van der Waals surface area contributed by atoms with Crippen LogP contribution in [0.5, 0.6) is 0 Å². The maximum Gasteiger partial charge on any atom is 0.234 e. The number of aromatic nitrogens is 2. The van der Waals surface area contributed by atoms with Gasteiger partial charge in [-0.2, -0.15) is 5.26 Å². The third-order valence-corrected chi connectivity index (χ3v) is 4.55. The van der Waals surface area contributed by atoms with Gasteiger partial charge in [-0.3, -0.25) is 4.79 Å². The fourth-order valence-corrected chi connectivity index (χ4v) is 3.35. The van der Waals surface area contributed by atoms with Crippen molar-refractivity contribution in [2.24, 2.45) is 0 Å². The van der Waals surface area contributed by atoms with Gasteiger partial charge in [0.2, 0.25) is 5.91 Å². The van der Waals surface area contributed by atoms with Crippen molar-refractivity contribution in [1.29, 1.82) is 5.26 Å². The van der Waals surface area contributed by atoms with E-state index in [9.17, 15) is 10.1 Å². The van der Waals surface area contributed by atoms with E-state index >= 15 is 0 Å². The molecule has 0 fully saturated rings. The second-order valence-electron chi connectivity index (χ2n) is 4.94. The van der Waals surface area contributed by atoms with E-state index in [4.69, 9.17) is 0 Å². The lowest BCUT2D eigenvalue weighted by Crippen LogP contribution is -2.15. The number of nitrogens with zero attached hydrogens (tertiary/aromatic N) is 3. The van der Waals surface area contributed by atoms with Crippen LogP contribution in [0, 0.1) is 32.1 Å². The summed E-state index contributed by atoms with van der Waals surface area (Å²) in [6, 6.07) is 7.76. The molecule has 7 heteroatoms. The molecule has 0 radical (unpaired) electrons. The molecular formula is C16H15BrN4OS. The zero-order valence-corrected chi connectivity index (χ0v) is 15.4. The summed E-state index contributed by atoms with van der Waals surface area (Å²) in [5, 5.41) is 12.6. The number of nitrogens with one attached hydrogen (secondary N) is 1. The van der Waals surface area contributed by atoms with Gasteiger partial charge in [0.15, 0.2) is 0 Å². The number of halogens is 1. The maximum atomic E-state index is 12.1. The van der Waals surface area contributed by atoms with Crippen molar-refractivity contribution >= 4 is 39.3 Å². The first-order chi connectivity index (χ1) is 10.9. The fraction of sp³-hybridized carbons (Fsp3) is 0.250. The molecule has 2 aromatic rings. The van der Waals surface area contributed by atoms with Crippen LogP contribution in [0.2, 0.25) is 0 Å². The molecule has 5 nitrogen and oxygen atoms in total. The molecule has 1 heterocycles. The minimum Gasteiger partial charge on any atom is -0.325 e. The van der Waals surface area contributed by atoms with Crippen LogP contribution >= 0.6 is 27.7 Å². The molecule has 0 bridgehead atoms. The van der Waals surface area contributed by atoms with Crippen molar-refractivity contribution in [2.45, 2.75) is 25.8 Å². The van der Waals surface area contributed by atoms with Gasteiger partial charge in [0.1, 0.15) is 22.5 Å². The first kappa shape index (κ1) is 17.4. The molecule has 23 heavy (non-hydrogen) atoms. The largest absolute Gasteiger partial charge is 0.325 e. The smallest absolute Gasteiger partial charge is 0.234 e. The number of thioether (sulfide) groups is 1. The molecule has 0 saturated heterocycles. The molecule has 2 rings (SSSR count). The molecule has 0 saturated carbocycles. The number of anilines is 1.